The van der Waals surface area contributed by atoms with Crippen LogP contribution in [-0.2, 0) is 6.54 Å². The van der Waals surface area contributed by atoms with Crippen LogP contribution >= 0.6 is 0 Å². The lowest BCUT2D eigenvalue weighted by molar-refractivity contribution is 0.0951. The third-order valence-corrected chi connectivity index (χ3v) is 4.33. The van der Waals surface area contributed by atoms with Gasteiger partial charge in [-0.2, -0.15) is 0 Å². The lowest BCUT2D eigenvalue weighted by Crippen LogP contribution is -2.30. The normalized spacial score (nSPS) is 11.0. The van der Waals surface area contributed by atoms with Crippen LogP contribution in [0.1, 0.15) is 16.8 Å². The summed E-state index contributed by atoms with van der Waals surface area (Å²) in [5.74, 6) is 0.157. The molecule has 3 aromatic heterocycles. The number of H-pyrrole nitrogens is 1. The summed E-state index contributed by atoms with van der Waals surface area (Å²) < 4.78 is 7.29. The van der Waals surface area contributed by atoms with Gasteiger partial charge in [0.15, 0.2) is 0 Å². The number of imidazole rings is 1. The van der Waals surface area contributed by atoms with Gasteiger partial charge in [0.05, 0.1) is 29.3 Å². The summed E-state index contributed by atoms with van der Waals surface area (Å²) in [5.41, 5.74) is 2.19. The third kappa shape index (κ3) is 3.52. The number of benzene rings is 1. The first-order valence-corrected chi connectivity index (χ1v) is 8.67. The highest BCUT2D eigenvalue weighted by Crippen LogP contribution is 2.15. The molecule has 4 rings (SSSR count). The molecule has 0 fully saturated rings. The van der Waals surface area contributed by atoms with Crippen LogP contribution in [0.3, 0.4) is 0 Å². The summed E-state index contributed by atoms with van der Waals surface area (Å²) in [7, 11) is 0. The van der Waals surface area contributed by atoms with Crippen LogP contribution in [0.5, 0.6) is 0 Å². The highest BCUT2D eigenvalue weighted by molar-refractivity contribution is 5.94. The van der Waals surface area contributed by atoms with Crippen molar-refractivity contribution in [2.24, 2.45) is 0 Å². The molecule has 7 heteroatoms. The molecule has 4 aromatic rings. The number of aromatic amines is 1. The molecule has 27 heavy (non-hydrogen) atoms. The molecule has 0 aliphatic carbocycles. The summed E-state index contributed by atoms with van der Waals surface area (Å²) in [4.78, 5) is 31.4. The maximum absolute atomic E-state index is 12.3. The van der Waals surface area contributed by atoms with Gasteiger partial charge in [-0.3, -0.25) is 9.59 Å². The number of carbonyl (C=O) groups excluding carboxylic acids is 1. The van der Waals surface area contributed by atoms with Crippen molar-refractivity contribution in [2.45, 2.75) is 13.0 Å². The highest BCUT2D eigenvalue weighted by atomic mass is 16.3. The van der Waals surface area contributed by atoms with Gasteiger partial charge >= 0.3 is 0 Å². The van der Waals surface area contributed by atoms with E-state index in [1.165, 1.54) is 12.3 Å². The van der Waals surface area contributed by atoms with Gasteiger partial charge in [-0.15, -0.1) is 0 Å². The molecule has 7 nitrogen and oxygen atoms in total. The van der Waals surface area contributed by atoms with Crippen LogP contribution in [0, 0.1) is 0 Å². The van der Waals surface area contributed by atoms with Gasteiger partial charge in [-0.1, -0.05) is 12.1 Å². The molecule has 0 saturated heterocycles. The molecule has 0 aliphatic rings. The van der Waals surface area contributed by atoms with Gasteiger partial charge < -0.3 is 19.3 Å². The van der Waals surface area contributed by atoms with E-state index in [4.69, 9.17) is 4.42 Å². The first-order valence-electron chi connectivity index (χ1n) is 8.67. The van der Waals surface area contributed by atoms with Crippen molar-refractivity contribution in [3.63, 3.8) is 0 Å². The number of aryl methyl sites for hydroxylation is 1. The molecule has 0 aliphatic heterocycles. The highest BCUT2D eigenvalue weighted by Gasteiger charge is 2.12. The molecule has 0 saturated carbocycles. The van der Waals surface area contributed by atoms with E-state index >= 15 is 0 Å². The van der Waals surface area contributed by atoms with E-state index in [1.807, 2.05) is 28.8 Å². The lowest BCUT2D eigenvalue weighted by atomic mass is 10.2. The summed E-state index contributed by atoms with van der Waals surface area (Å²) >= 11 is 0. The van der Waals surface area contributed by atoms with E-state index in [1.54, 1.807) is 24.5 Å². The number of carbonyl (C=O) groups is 1. The lowest BCUT2D eigenvalue weighted by Gasteiger charge is -2.07. The Morgan fingerprint density at radius 2 is 2.04 bits per heavy atom. The Morgan fingerprint density at radius 3 is 2.85 bits per heavy atom. The fraction of sp³-hybridized carbons (Fsp3) is 0.150. The van der Waals surface area contributed by atoms with Crippen molar-refractivity contribution in [3.05, 3.63) is 77.0 Å². The first kappa shape index (κ1) is 16.8. The predicted molar refractivity (Wildman–Crippen MR) is 101 cm³/mol. The average Bonchev–Trinajstić information content (AvgIpc) is 3.35. The Kier molecular flexibility index (Phi) is 4.57. The van der Waals surface area contributed by atoms with Crippen molar-refractivity contribution >= 4 is 16.9 Å². The van der Waals surface area contributed by atoms with Gasteiger partial charge in [0.25, 0.3) is 11.5 Å². The summed E-state index contributed by atoms with van der Waals surface area (Å²) in [5, 5.41) is 2.79. The smallest absolute Gasteiger partial charge is 0.261 e. The van der Waals surface area contributed by atoms with Crippen LogP contribution < -0.4 is 10.9 Å². The molecule has 0 bridgehead atoms. The van der Waals surface area contributed by atoms with Gasteiger partial charge in [0.2, 0.25) is 0 Å². The quantitative estimate of drug-likeness (QED) is 0.516. The number of nitrogens with one attached hydrogen (secondary N) is 2. The molecule has 0 atom stereocenters. The van der Waals surface area contributed by atoms with Crippen molar-refractivity contribution in [1.82, 2.24) is 19.9 Å². The minimum atomic E-state index is -0.443. The second kappa shape index (κ2) is 7.33. The molecule has 3 heterocycles. The fourth-order valence-corrected chi connectivity index (χ4v) is 2.96. The predicted octanol–water partition coefficient (Wildman–Crippen LogP) is 2.80. The molecule has 0 unspecified atom stereocenters. The topological polar surface area (TPSA) is 92.9 Å². The maximum atomic E-state index is 12.3. The van der Waals surface area contributed by atoms with Crippen LogP contribution in [0.25, 0.3) is 22.5 Å². The number of fused-ring (bicyclic) bond motifs is 1. The SMILES string of the molecule is O=C(NCCCn1cnc2ccccc21)c1ccc(-c2ccco2)[nH]c1=O. The number of nitrogens with zero attached hydrogens (tertiary/aromatic N) is 2. The Labute approximate surface area is 154 Å². The van der Waals surface area contributed by atoms with Gasteiger partial charge in [-0.25, -0.2) is 4.98 Å². The first-order chi connectivity index (χ1) is 13.2. The van der Waals surface area contributed by atoms with E-state index in [2.05, 4.69) is 15.3 Å². The number of furan rings is 1. The Balaban J connectivity index is 1.35. The number of para-hydroxylation sites is 2. The van der Waals surface area contributed by atoms with Crippen LogP contribution in [-0.4, -0.2) is 27.0 Å². The second-order valence-corrected chi connectivity index (χ2v) is 6.13. The monoisotopic (exact) mass is 362 g/mol. The number of amides is 1. The average molecular weight is 362 g/mol. The van der Waals surface area contributed by atoms with E-state index in [0.29, 0.717) is 18.0 Å². The second-order valence-electron chi connectivity index (χ2n) is 6.13. The van der Waals surface area contributed by atoms with Gasteiger partial charge in [0.1, 0.15) is 11.3 Å². The summed E-state index contributed by atoms with van der Waals surface area (Å²) in [6.45, 7) is 1.19. The molecule has 0 spiro atoms. The minimum Gasteiger partial charge on any atom is -0.463 e. The van der Waals surface area contributed by atoms with Crippen LogP contribution in [0.4, 0.5) is 0 Å². The number of rotatable bonds is 6. The van der Waals surface area contributed by atoms with Crippen LogP contribution in [0.15, 0.2) is 70.3 Å². The zero-order valence-electron chi connectivity index (χ0n) is 14.5. The van der Waals surface area contributed by atoms with E-state index < -0.39 is 11.5 Å². The molecule has 136 valence electrons. The maximum Gasteiger partial charge on any atom is 0.261 e. The van der Waals surface area contributed by atoms with E-state index in [0.717, 1.165) is 24.0 Å². The summed E-state index contributed by atoms with van der Waals surface area (Å²) in [6.07, 6.45) is 4.05. The summed E-state index contributed by atoms with van der Waals surface area (Å²) in [6, 6.07) is 14.5. The van der Waals surface area contributed by atoms with E-state index in [-0.39, 0.29) is 5.56 Å². The molecule has 1 aromatic carbocycles. The van der Waals surface area contributed by atoms with Crippen molar-refractivity contribution in [1.29, 1.82) is 0 Å². The minimum absolute atomic E-state index is 0.0818. The van der Waals surface area contributed by atoms with Gasteiger partial charge in [-0.05, 0) is 42.8 Å². The zero-order valence-corrected chi connectivity index (χ0v) is 14.5. The van der Waals surface area contributed by atoms with E-state index in [9.17, 15) is 9.59 Å². The third-order valence-electron chi connectivity index (χ3n) is 4.33. The largest absolute Gasteiger partial charge is 0.463 e. The van der Waals surface area contributed by atoms with Gasteiger partial charge in [0, 0.05) is 13.1 Å². The number of hydrogen-bond acceptors (Lipinski definition) is 4. The van der Waals surface area contributed by atoms with Crippen molar-refractivity contribution in [3.8, 4) is 11.5 Å². The number of pyridine rings is 1. The zero-order chi connectivity index (χ0) is 18.6. The Hall–Kier alpha value is -3.61. The van der Waals surface area contributed by atoms with Crippen molar-refractivity contribution < 1.29 is 9.21 Å². The Bertz CT molecular complexity index is 1130. The number of hydrogen-bond donors (Lipinski definition) is 2. The van der Waals surface area contributed by atoms with Crippen molar-refractivity contribution in [2.75, 3.05) is 6.54 Å². The molecular formula is C20H18N4O3. The fourth-order valence-electron chi connectivity index (χ4n) is 2.96. The molecular weight excluding hydrogens is 344 g/mol. The molecule has 0 radical (unpaired) electrons. The standard InChI is InChI=1S/C20H18N4O3/c25-19(14-8-9-16(23-20(14)26)18-7-3-12-27-18)21-10-4-11-24-13-22-15-5-1-2-6-17(15)24/h1-3,5-9,12-13H,4,10-11H2,(H,21,25)(H,23,26). The Morgan fingerprint density at radius 1 is 1.15 bits per heavy atom. The molecule has 2 N–H and O–H groups in total. The van der Waals surface area contributed by atoms with Crippen LogP contribution in [0.2, 0.25) is 0 Å². The molecule has 1 amide bonds. The number of aromatic nitrogens is 3.